The highest BCUT2D eigenvalue weighted by Gasteiger charge is 2.28. The summed E-state index contributed by atoms with van der Waals surface area (Å²) in [5, 5.41) is 3.41. The number of thiophene rings is 1. The largest absolute Gasteiger partial charge is 0.380 e. The number of nitrogens with one attached hydrogen (secondary N) is 1. The molecule has 1 aliphatic rings. The minimum Gasteiger partial charge on any atom is -0.380 e. The summed E-state index contributed by atoms with van der Waals surface area (Å²) in [4.78, 5) is 29.9. The van der Waals surface area contributed by atoms with Crippen LogP contribution in [0.5, 0.6) is 0 Å². The van der Waals surface area contributed by atoms with E-state index in [0.29, 0.717) is 55.1 Å². The fourth-order valence-corrected chi connectivity index (χ4v) is 5.12. The maximum atomic E-state index is 14.4. The number of amides is 2. The van der Waals surface area contributed by atoms with Crippen molar-refractivity contribution >= 4 is 33.2 Å². The second kappa shape index (κ2) is 10.2. The highest BCUT2D eigenvalue weighted by Crippen LogP contribution is 2.34. The summed E-state index contributed by atoms with van der Waals surface area (Å²) in [6, 6.07) is 14.7. The number of ether oxygens (including phenoxy) is 1. The number of carbonyl (C=O) groups excluding carboxylic acids is 2. The Labute approximate surface area is 190 Å². The minimum absolute atomic E-state index is 0.0315. The first-order valence-corrected chi connectivity index (χ1v) is 11.4. The van der Waals surface area contributed by atoms with Gasteiger partial charge in [-0.25, -0.2) is 4.39 Å². The second-order valence-electron chi connectivity index (χ2n) is 7.79. The van der Waals surface area contributed by atoms with Gasteiger partial charge < -0.3 is 15.0 Å². The van der Waals surface area contributed by atoms with Crippen molar-refractivity contribution in [2.24, 2.45) is 0 Å². The van der Waals surface area contributed by atoms with Crippen LogP contribution in [0, 0.1) is 5.82 Å². The van der Waals surface area contributed by atoms with Crippen molar-refractivity contribution < 1.29 is 18.7 Å². The molecule has 0 atom stereocenters. The Kier molecular flexibility index (Phi) is 7.14. The molecular weight excluding hydrogens is 429 g/mol. The summed E-state index contributed by atoms with van der Waals surface area (Å²) in [7, 11) is 1.54. The van der Waals surface area contributed by atoms with E-state index in [2.05, 4.69) is 5.32 Å². The molecule has 1 saturated heterocycles. The van der Waals surface area contributed by atoms with Gasteiger partial charge in [0.2, 0.25) is 5.91 Å². The molecule has 0 saturated carbocycles. The van der Waals surface area contributed by atoms with Gasteiger partial charge in [0.15, 0.2) is 0 Å². The van der Waals surface area contributed by atoms with E-state index in [1.807, 2.05) is 41.3 Å². The molecule has 0 aliphatic carbocycles. The number of fused-ring (bicyclic) bond motifs is 1. The van der Waals surface area contributed by atoms with E-state index < -0.39 is 0 Å². The van der Waals surface area contributed by atoms with Crippen LogP contribution in [0.2, 0.25) is 0 Å². The van der Waals surface area contributed by atoms with Crippen LogP contribution in [0.25, 0.3) is 10.1 Å². The van der Waals surface area contributed by atoms with Crippen molar-refractivity contribution in [1.82, 2.24) is 15.1 Å². The van der Waals surface area contributed by atoms with Gasteiger partial charge in [0.1, 0.15) is 5.82 Å². The number of hydrogen-bond acceptors (Lipinski definition) is 5. The van der Waals surface area contributed by atoms with E-state index in [1.54, 1.807) is 18.1 Å². The van der Waals surface area contributed by atoms with E-state index in [9.17, 15) is 14.0 Å². The molecule has 8 heteroatoms. The van der Waals surface area contributed by atoms with Gasteiger partial charge in [0, 0.05) is 55.5 Å². The summed E-state index contributed by atoms with van der Waals surface area (Å²) in [6.45, 7) is 3.26. The Morgan fingerprint density at radius 2 is 1.81 bits per heavy atom. The number of nitrogens with zero attached hydrogens (tertiary/aromatic N) is 2. The van der Waals surface area contributed by atoms with Gasteiger partial charge in [0.25, 0.3) is 5.91 Å². The molecule has 1 aromatic heterocycles. The van der Waals surface area contributed by atoms with Crippen LogP contribution in [0.3, 0.4) is 0 Å². The standard InChI is InChI=1S/C24H26FN3O3S/c1-31-16-18-22-19(25)8-5-9-20(22)32-23(18)24(30)28-12-10-27(11-13-28)15-21(29)26-14-17-6-3-2-4-7-17/h2-9H,10-16H2,1H3,(H,26,29). The SMILES string of the molecule is COCc1c(C(=O)N2CCN(CC(=O)NCc3ccccc3)CC2)sc2cccc(F)c12. The van der Waals surface area contributed by atoms with Crippen molar-refractivity contribution in [2.45, 2.75) is 13.2 Å². The van der Waals surface area contributed by atoms with Crippen LogP contribution in [0.15, 0.2) is 48.5 Å². The first-order valence-electron chi connectivity index (χ1n) is 10.6. The van der Waals surface area contributed by atoms with Crippen LogP contribution in [-0.2, 0) is 22.7 Å². The number of hydrogen-bond donors (Lipinski definition) is 1. The van der Waals surface area contributed by atoms with E-state index in [0.717, 1.165) is 10.3 Å². The van der Waals surface area contributed by atoms with Gasteiger partial charge >= 0.3 is 0 Å². The van der Waals surface area contributed by atoms with Gasteiger partial charge in [-0.15, -0.1) is 11.3 Å². The quantitative estimate of drug-likeness (QED) is 0.594. The maximum absolute atomic E-state index is 14.4. The monoisotopic (exact) mass is 455 g/mol. The lowest BCUT2D eigenvalue weighted by Crippen LogP contribution is -2.51. The number of piperazine rings is 1. The molecule has 2 amide bonds. The van der Waals surface area contributed by atoms with Gasteiger partial charge in [-0.1, -0.05) is 36.4 Å². The Morgan fingerprint density at radius 3 is 2.53 bits per heavy atom. The lowest BCUT2D eigenvalue weighted by atomic mass is 10.1. The molecule has 1 fully saturated rings. The number of rotatable bonds is 7. The van der Waals surface area contributed by atoms with Crippen LogP contribution in [0.4, 0.5) is 4.39 Å². The summed E-state index contributed by atoms with van der Waals surface area (Å²) >= 11 is 1.31. The number of benzene rings is 2. The number of methoxy groups -OCH3 is 1. The molecule has 0 bridgehead atoms. The minimum atomic E-state index is -0.337. The molecular formula is C24H26FN3O3S. The third kappa shape index (κ3) is 4.98. The fraction of sp³-hybridized carbons (Fsp3) is 0.333. The maximum Gasteiger partial charge on any atom is 0.264 e. The molecule has 168 valence electrons. The highest BCUT2D eigenvalue weighted by molar-refractivity contribution is 7.21. The van der Waals surface area contributed by atoms with Crippen molar-refractivity contribution in [3.63, 3.8) is 0 Å². The molecule has 1 N–H and O–H groups in total. The van der Waals surface area contributed by atoms with Gasteiger partial charge in [-0.3, -0.25) is 14.5 Å². The van der Waals surface area contributed by atoms with Crippen LogP contribution in [0.1, 0.15) is 20.8 Å². The van der Waals surface area contributed by atoms with Crippen molar-refractivity contribution in [1.29, 1.82) is 0 Å². The van der Waals surface area contributed by atoms with E-state index in [-0.39, 0.29) is 24.2 Å². The number of halogens is 1. The van der Waals surface area contributed by atoms with Crippen LogP contribution in [-0.4, -0.2) is 61.4 Å². The fourth-order valence-electron chi connectivity index (χ4n) is 3.93. The van der Waals surface area contributed by atoms with Crippen LogP contribution < -0.4 is 5.32 Å². The third-order valence-electron chi connectivity index (χ3n) is 5.61. The van der Waals surface area contributed by atoms with E-state index >= 15 is 0 Å². The molecule has 0 unspecified atom stereocenters. The average Bonchev–Trinajstić information content (AvgIpc) is 3.18. The molecule has 0 spiro atoms. The summed E-state index contributed by atoms with van der Waals surface area (Å²) in [6.07, 6.45) is 0. The number of carbonyl (C=O) groups is 2. The second-order valence-corrected chi connectivity index (χ2v) is 8.84. The molecule has 2 heterocycles. The normalized spacial score (nSPS) is 14.6. The smallest absolute Gasteiger partial charge is 0.264 e. The first-order chi connectivity index (χ1) is 15.6. The predicted octanol–water partition coefficient (Wildman–Crippen LogP) is 3.26. The van der Waals surface area contributed by atoms with Crippen molar-refractivity contribution in [2.75, 3.05) is 39.8 Å². The molecule has 4 rings (SSSR count). The average molecular weight is 456 g/mol. The molecule has 3 aromatic rings. The summed E-state index contributed by atoms with van der Waals surface area (Å²) in [5.74, 6) is -0.474. The molecule has 1 aliphatic heterocycles. The van der Waals surface area contributed by atoms with Crippen molar-refractivity contribution in [3.8, 4) is 0 Å². The first kappa shape index (κ1) is 22.4. The predicted molar refractivity (Wildman–Crippen MR) is 123 cm³/mol. The van der Waals surface area contributed by atoms with Gasteiger partial charge in [-0.2, -0.15) is 0 Å². The zero-order valence-electron chi connectivity index (χ0n) is 18.0. The van der Waals surface area contributed by atoms with E-state index in [4.69, 9.17) is 4.74 Å². The Hall–Kier alpha value is -2.81. The summed E-state index contributed by atoms with van der Waals surface area (Å²) in [5.41, 5.74) is 1.67. The lowest BCUT2D eigenvalue weighted by molar-refractivity contribution is -0.122. The van der Waals surface area contributed by atoms with Crippen LogP contribution >= 0.6 is 11.3 Å². The Balaban J connectivity index is 1.35. The highest BCUT2D eigenvalue weighted by atomic mass is 32.1. The topological polar surface area (TPSA) is 61.9 Å². The van der Waals surface area contributed by atoms with Gasteiger partial charge in [0.05, 0.1) is 18.0 Å². The molecule has 32 heavy (non-hydrogen) atoms. The third-order valence-corrected chi connectivity index (χ3v) is 6.79. The molecule has 0 radical (unpaired) electrons. The Bertz CT molecular complexity index is 1090. The lowest BCUT2D eigenvalue weighted by Gasteiger charge is -2.34. The zero-order valence-corrected chi connectivity index (χ0v) is 18.8. The molecule has 2 aromatic carbocycles. The van der Waals surface area contributed by atoms with E-state index in [1.165, 1.54) is 17.4 Å². The van der Waals surface area contributed by atoms with Crippen molar-refractivity contribution in [3.05, 3.63) is 70.4 Å². The zero-order chi connectivity index (χ0) is 22.5. The van der Waals surface area contributed by atoms with Gasteiger partial charge in [-0.05, 0) is 17.7 Å². The Morgan fingerprint density at radius 1 is 1.06 bits per heavy atom. The molecule has 6 nitrogen and oxygen atoms in total. The summed E-state index contributed by atoms with van der Waals surface area (Å²) < 4.78 is 20.4.